The van der Waals surface area contributed by atoms with Gasteiger partial charge in [0.05, 0.1) is 17.1 Å². The third kappa shape index (κ3) is 2.68. The summed E-state index contributed by atoms with van der Waals surface area (Å²) in [5, 5.41) is 10.6. The average molecular weight is 270 g/mol. The van der Waals surface area contributed by atoms with Crippen molar-refractivity contribution in [3.63, 3.8) is 0 Å². The molecule has 0 spiro atoms. The van der Waals surface area contributed by atoms with Crippen LogP contribution in [-0.2, 0) is 0 Å². The number of hydrogen-bond donors (Lipinski definition) is 1. The van der Waals surface area contributed by atoms with Crippen LogP contribution in [0.4, 0.5) is 0 Å². The topological polar surface area (TPSA) is 46.0 Å². The molecule has 1 saturated carbocycles. The first kappa shape index (κ1) is 13.5. The Labute approximate surface area is 120 Å². The minimum absolute atomic E-state index is 0.362. The quantitative estimate of drug-likeness (QED) is 0.920. The van der Waals surface area contributed by atoms with Gasteiger partial charge in [-0.25, -0.2) is 0 Å². The molecule has 3 nitrogen and oxygen atoms in total. The smallest absolute Gasteiger partial charge is 0.0890 e. The van der Waals surface area contributed by atoms with Crippen molar-refractivity contribution in [2.45, 2.75) is 45.1 Å². The number of benzene rings is 1. The summed E-state index contributed by atoms with van der Waals surface area (Å²) in [5.41, 5.74) is 2.74. The van der Waals surface area contributed by atoms with E-state index >= 15 is 0 Å². The van der Waals surface area contributed by atoms with Gasteiger partial charge >= 0.3 is 0 Å². The van der Waals surface area contributed by atoms with Crippen LogP contribution in [0.5, 0.6) is 0 Å². The number of aliphatic hydroxyl groups excluding tert-OH is 1. The van der Waals surface area contributed by atoms with E-state index in [-0.39, 0.29) is 6.10 Å². The van der Waals surface area contributed by atoms with Crippen molar-refractivity contribution in [2.75, 3.05) is 0 Å². The molecule has 20 heavy (non-hydrogen) atoms. The van der Waals surface area contributed by atoms with Crippen molar-refractivity contribution in [3.8, 4) is 0 Å². The lowest BCUT2D eigenvalue weighted by Gasteiger charge is -2.31. The summed E-state index contributed by atoms with van der Waals surface area (Å²) in [6.45, 7) is 2.27. The van der Waals surface area contributed by atoms with Crippen molar-refractivity contribution < 1.29 is 5.11 Å². The van der Waals surface area contributed by atoms with E-state index in [1.165, 1.54) is 19.3 Å². The molecule has 1 unspecified atom stereocenters. The molecule has 1 aromatic heterocycles. The van der Waals surface area contributed by atoms with E-state index in [0.717, 1.165) is 35.4 Å². The number of fused-ring (bicyclic) bond motifs is 1. The van der Waals surface area contributed by atoms with E-state index in [9.17, 15) is 5.11 Å². The summed E-state index contributed by atoms with van der Waals surface area (Å²) in [6.07, 6.45) is 9.09. The summed E-state index contributed by atoms with van der Waals surface area (Å²) < 4.78 is 0. The highest BCUT2D eigenvalue weighted by molar-refractivity contribution is 5.74. The van der Waals surface area contributed by atoms with Gasteiger partial charge in [-0.1, -0.05) is 32.3 Å². The van der Waals surface area contributed by atoms with Gasteiger partial charge in [0.15, 0.2) is 0 Å². The molecule has 1 aliphatic rings. The third-order valence-electron chi connectivity index (χ3n) is 4.75. The van der Waals surface area contributed by atoms with Gasteiger partial charge in [0.25, 0.3) is 0 Å². The second kappa shape index (κ2) is 5.88. The maximum atomic E-state index is 10.6. The fourth-order valence-electron chi connectivity index (χ4n) is 3.35. The molecule has 106 valence electrons. The lowest BCUT2D eigenvalue weighted by molar-refractivity contribution is 0.0730. The molecule has 0 saturated heterocycles. The lowest BCUT2D eigenvalue weighted by atomic mass is 9.77. The van der Waals surface area contributed by atoms with Crippen molar-refractivity contribution in [2.24, 2.45) is 11.8 Å². The molecule has 2 aromatic rings. The van der Waals surface area contributed by atoms with Gasteiger partial charge < -0.3 is 5.11 Å². The molecule has 1 fully saturated rings. The van der Waals surface area contributed by atoms with Crippen LogP contribution in [0, 0.1) is 11.8 Å². The van der Waals surface area contributed by atoms with E-state index in [0.29, 0.717) is 5.92 Å². The Hall–Kier alpha value is -1.48. The Bertz CT molecular complexity index is 576. The third-order valence-corrected chi connectivity index (χ3v) is 4.75. The molecule has 0 aliphatic heterocycles. The van der Waals surface area contributed by atoms with Crippen LogP contribution in [0.2, 0.25) is 0 Å². The molecule has 1 N–H and O–H groups in total. The molecule has 1 aliphatic carbocycles. The molecule has 0 radical (unpaired) electrons. The van der Waals surface area contributed by atoms with Crippen LogP contribution in [0.1, 0.15) is 50.7 Å². The summed E-state index contributed by atoms with van der Waals surface area (Å²) >= 11 is 0. The zero-order chi connectivity index (χ0) is 13.9. The zero-order valence-corrected chi connectivity index (χ0v) is 12.0. The molecule has 0 amide bonds. The summed E-state index contributed by atoms with van der Waals surface area (Å²) in [5.74, 6) is 1.26. The highest BCUT2D eigenvalue weighted by atomic mass is 16.3. The zero-order valence-electron chi connectivity index (χ0n) is 12.0. The fraction of sp³-hybridized carbons (Fsp3) is 0.529. The minimum Gasteiger partial charge on any atom is -0.388 e. The van der Waals surface area contributed by atoms with Crippen molar-refractivity contribution in [3.05, 3.63) is 36.2 Å². The molecule has 3 heteroatoms. The van der Waals surface area contributed by atoms with Gasteiger partial charge in [-0.05, 0) is 42.4 Å². The highest BCUT2D eigenvalue weighted by Crippen LogP contribution is 2.38. The fourth-order valence-corrected chi connectivity index (χ4v) is 3.35. The van der Waals surface area contributed by atoms with Crippen LogP contribution in [0.25, 0.3) is 11.0 Å². The number of aromatic nitrogens is 2. The standard InChI is InChI=1S/C17H22N2O/c1-2-12-3-5-13(6-4-12)17(20)14-7-8-15-16(11-14)19-10-9-18-15/h7-13,17,20H,2-6H2,1H3. The summed E-state index contributed by atoms with van der Waals surface area (Å²) in [7, 11) is 0. The van der Waals surface area contributed by atoms with Crippen LogP contribution < -0.4 is 0 Å². The van der Waals surface area contributed by atoms with Crippen molar-refractivity contribution in [1.29, 1.82) is 0 Å². The number of nitrogens with zero attached hydrogens (tertiary/aromatic N) is 2. The molecule has 1 heterocycles. The molecular weight excluding hydrogens is 248 g/mol. The summed E-state index contributed by atoms with van der Waals surface area (Å²) in [4.78, 5) is 8.59. The predicted octanol–water partition coefficient (Wildman–Crippen LogP) is 3.88. The van der Waals surface area contributed by atoms with Gasteiger partial charge in [-0.2, -0.15) is 0 Å². The number of hydrogen-bond acceptors (Lipinski definition) is 3. The lowest BCUT2D eigenvalue weighted by Crippen LogP contribution is -2.20. The maximum absolute atomic E-state index is 10.6. The molecule has 3 rings (SSSR count). The normalized spacial score (nSPS) is 24.7. The Morgan fingerprint density at radius 2 is 1.80 bits per heavy atom. The summed E-state index contributed by atoms with van der Waals surface area (Å²) in [6, 6.07) is 5.94. The van der Waals surface area contributed by atoms with Crippen LogP contribution in [0.3, 0.4) is 0 Å². The Balaban J connectivity index is 1.77. The Kier molecular flexibility index (Phi) is 3.97. The first-order chi connectivity index (χ1) is 9.78. The molecular formula is C17H22N2O. The number of aliphatic hydroxyl groups is 1. The maximum Gasteiger partial charge on any atom is 0.0890 e. The van der Waals surface area contributed by atoms with Gasteiger partial charge in [-0.3, -0.25) is 9.97 Å². The second-order valence-corrected chi connectivity index (χ2v) is 5.94. The highest BCUT2D eigenvalue weighted by Gasteiger charge is 2.26. The SMILES string of the molecule is CCC1CCC(C(O)c2ccc3nccnc3c2)CC1. The van der Waals surface area contributed by atoms with E-state index in [1.54, 1.807) is 12.4 Å². The average Bonchev–Trinajstić information content (AvgIpc) is 2.54. The van der Waals surface area contributed by atoms with Gasteiger partial charge in [-0.15, -0.1) is 0 Å². The van der Waals surface area contributed by atoms with E-state index < -0.39 is 0 Å². The van der Waals surface area contributed by atoms with Crippen LogP contribution >= 0.6 is 0 Å². The minimum atomic E-state index is -0.362. The van der Waals surface area contributed by atoms with Crippen molar-refractivity contribution >= 4 is 11.0 Å². The first-order valence-corrected chi connectivity index (χ1v) is 7.66. The van der Waals surface area contributed by atoms with Crippen LogP contribution in [-0.4, -0.2) is 15.1 Å². The molecule has 1 aromatic carbocycles. The Morgan fingerprint density at radius 3 is 2.50 bits per heavy atom. The van der Waals surface area contributed by atoms with Crippen LogP contribution in [0.15, 0.2) is 30.6 Å². The Morgan fingerprint density at radius 1 is 1.10 bits per heavy atom. The largest absolute Gasteiger partial charge is 0.388 e. The predicted molar refractivity (Wildman–Crippen MR) is 80.2 cm³/mol. The number of rotatable bonds is 3. The van der Waals surface area contributed by atoms with Crippen molar-refractivity contribution in [1.82, 2.24) is 9.97 Å². The first-order valence-electron chi connectivity index (χ1n) is 7.66. The molecule has 1 atom stereocenters. The van der Waals surface area contributed by atoms with E-state index in [4.69, 9.17) is 0 Å². The van der Waals surface area contributed by atoms with E-state index in [2.05, 4.69) is 16.9 Å². The van der Waals surface area contributed by atoms with Gasteiger partial charge in [0.2, 0.25) is 0 Å². The monoisotopic (exact) mass is 270 g/mol. The second-order valence-electron chi connectivity index (χ2n) is 5.94. The van der Waals surface area contributed by atoms with Gasteiger partial charge in [0.1, 0.15) is 0 Å². The molecule has 0 bridgehead atoms. The van der Waals surface area contributed by atoms with E-state index in [1.807, 2.05) is 18.2 Å². The van der Waals surface area contributed by atoms with Gasteiger partial charge in [0, 0.05) is 12.4 Å².